The fourth-order valence-corrected chi connectivity index (χ4v) is 0.979. The summed E-state index contributed by atoms with van der Waals surface area (Å²) in [4.78, 5) is 10.8. The smallest absolute Gasteiger partial charge is 0.371 e. The highest BCUT2D eigenvalue weighted by Gasteiger charge is 2.08. The van der Waals surface area contributed by atoms with Crippen molar-refractivity contribution in [3.05, 3.63) is 54.8 Å². The summed E-state index contributed by atoms with van der Waals surface area (Å²) >= 11 is 0. The van der Waals surface area contributed by atoms with Gasteiger partial charge in [-0.2, -0.15) is 0 Å². The van der Waals surface area contributed by atoms with Crippen molar-refractivity contribution in [2.75, 3.05) is 0 Å². The molecule has 0 aliphatic rings. The van der Waals surface area contributed by atoms with E-state index in [9.17, 15) is 4.79 Å². The van der Waals surface area contributed by atoms with Gasteiger partial charge in [-0.05, 0) is 24.6 Å². The standard InChI is InChI=1S/C12H12O3/c1-2-3-9-11(12(13)14)15-10-7-5-4-6-8-10/h2,4-9H,1,3H2,(H,13,14)/b11-9+. The molecule has 0 unspecified atom stereocenters. The Morgan fingerprint density at radius 3 is 2.60 bits per heavy atom. The van der Waals surface area contributed by atoms with Gasteiger partial charge < -0.3 is 9.84 Å². The summed E-state index contributed by atoms with van der Waals surface area (Å²) in [6.07, 6.45) is 3.55. The first-order valence-corrected chi connectivity index (χ1v) is 4.51. The molecule has 0 aliphatic carbocycles. The van der Waals surface area contributed by atoms with E-state index in [0.717, 1.165) is 0 Å². The van der Waals surface area contributed by atoms with Crippen molar-refractivity contribution >= 4 is 5.97 Å². The van der Waals surface area contributed by atoms with Crippen molar-refractivity contribution in [1.82, 2.24) is 0 Å². The molecule has 0 saturated carbocycles. The van der Waals surface area contributed by atoms with Gasteiger partial charge in [-0.15, -0.1) is 6.58 Å². The molecule has 0 heterocycles. The van der Waals surface area contributed by atoms with E-state index >= 15 is 0 Å². The molecule has 0 aromatic heterocycles. The first kappa shape index (κ1) is 11.0. The predicted molar refractivity (Wildman–Crippen MR) is 57.6 cm³/mol. The molecule has 1 aromatic carbocycles. The van der Waals surface area contributed by atoms with E-state index in [1.807, 2.05) is 6.07 Å². The highest BCUT2D eigenvalue weighted by Crippen LogP contribution is 2.13. The fraction of sp³-hybridized carbons (Fsp3) is 0.0833. The van der Waals surface area contributed by atoms with Crippen LogP contribution in [0.5, 0.6) is 5.75 Å². The normalized spacial score (nSPS) is 10.8. The Morgan fingerprint density at radius 1 is 1.40 bits per heavy atom. The minimum atomic E-state index is -1.08. The Morgan fingerprint density at radius 2 is 2.07 bits per heavy atom. The van der Waals surface area contributed by atoms with Crippen molar-refractivity contribution < 1.29 is 14.6 Å². The minimum Gasteiger partial charge on any atom is -0.475 e. The second-order valence-electron chi connectivity index (χ2n) is 2.81. The van der Waals surface area contributed by atoms with Crippen LogP contribution in [0.3, 0.4) is 0 Å². The van der Waals surface area contributed by atoms with Crippen LogP contribution in [-0.2, 0) is 4.79 Å². The zero-order chi connectivity index (χ0) is 11.1. The molecule has 1 N–H and O–H groups in total. The Balaban J connectivity index is 2.76. The van der Waals surface area contributed by atoms with Crippen LogP contribution in [0.15, 0.2) is 54.8 Å². The van der Waals surface area contributed by atoms with Gasteiger partial charge in [0.2, 0.25) is 5.76 Å². The summed E-state index contributed by atoms with van der Waals surface area (Å²) in [5.41, 5.74) is 0. The third kappa shape index (κ3) is 3.68. The average Bonchev–Trinajstić information content (AvgIpc) is 2.25. The van der Waals surface area contributed by atoms with Gasteiger partial charge in [0, 0.05) is 0 Å². The van der Waals surface area contributed by atoms with Crippen LogP contribution >= 0.6 is 0 Å². The van der Waals surface area contributed by atoms with Gasteiger partial charge in [-0.25, -0.2) is 4.79 Å². The summed E-state index contributed by atoms with van der Waals surface area (Å²) in [6.45, 7) is 3.51. The predicted octanol–water partition coefficient (Wildman–Crippen LogP) is 2.61. The molecule has 3 nitrogen and oxygen atoms in total. The molecule has 1 rings (SSSR count). The lowest BCUT2D eigenvalue weighted by Crippen LogP contribution is -2.07. The Labute approximate surface area is 88.3 Å². The van der Waals surface area contributed by atoms with Crippen LogP contribution in [-0.4, -0.2) is 11.1 Å². The molecule has 0 radical (unpaired) electrons. The topological polar surface area (TPSA) is 46.5 Å². The van der Waals surface area contributed by atoms with E-state index in [2.05, 4.69) is 6.58 Å². The Bertz CT molecular complexity index is 366. The van der Waals surface area contributed by atoms with Crippen molar-refractivity contribution in [2.45, 2.75) is 6.42 Å². The van der Waals surface area contributed by atoms with E-state index in [1.54, 1.807) is 30.3 Å². The molecule has 0 bridgehead atoms. The maximum absolute atomic E-state index is 10.8. The molecule has 78 valence electrons. The van der Waals surface area contributed by atoms with Crippen molar-refractivity contribution in [1.29, 1.82) is 0 Å². The molecule has 0 saturated heterocycles. The van der Waals surface area contributed by atoms with Crippen molar-refractivity contribution in [3.8, 4) is 5.75 Å². The lowest BCUT2D eigenvalue weighted by Gasteiger charge is -2.05. The zero-order valence-electron chi connectivity index (χ0n) is 8.22. The number of hydrogen-bond acceptors (Lipinski definition) is 2. The molecule has 0 amide bonds. The Hall–Kier alpha value is -2.03. The second kappa shape index (κ2) is 5.65. The fourth-order valence-electron chi connectivity index (χ4n) is 0.979. The first-order valence-electron chi connectivity index (χ1n) is 4.51. The minimum absolute atomic E-state index is 0.0823. The molecular weight excluding hydrogens is 192 g/mol. The third-order valence-electron chi connectivity index (χ3n) is 1.65. The summed E-state index contributed by atoms with van der Waals surface area (Å²) in [5, 5.41) is 8.83. The molecule has 0 aliphatic heterocycles. The molecular formula is C12H12O3. The van der Waals surface area contributed by atoms with Gasteiger partial charge in [0.15, 0.2) is 0 Å². The number of allylic oxidation sites excluding steroid dienone is 2. The van der Waals surface area contributed by atoms with E-state index in [-0.39, 0.29) is 5.76 Å². The number of benzene rings is 1. The largest absolute Gasteiger partial charge is 0.475 e. The van der Waals surface area contributed by atoms with Crippen LogP contribution < -0.4 is 4.74 Å². The zero-order valence-corrected chi connectivity index (χ0v) is 8.22. The van der Waals surface area contributed by atoms with Crippen LogP contribution in [0, 0.1) is 0 Å². The highest BCUT2D eigenvalue weighted by molar-refractivity contribution is 5.84. The van der Waals surface area contributed by atoms with Crippen LogP contribution in [0.1, 0.15) is 6.42 Å². The second-order valence-corrected chi connectivity index (χ2v) is 2.81. The summed E-state index contributed by atoms with van der Waals surface area (Å²) in [7, 11) is 0. The number of ether oxygens (including phenoxy) is 1. The number of rotatable bonds is 5. The maximum atomic E-state index is 10.8. The van der Waals surface area contributed by atoms with Crippen LogP contribution in [0.2, 0.25) is 0 Å². The lowest BCUT2D eigenvalue weighted by molar-refractivity contribution is -0.135. The van der Waals surface area contributed by atoms with E-state index in [1.165, 1.54) is 6.08 Å². The summed E-state index contributed by atoms with van der Waals surface area (Å²) < 4.78 is 5.19. The number of carboxylic acid groups (broad SMARTS) is 1. The van der Waals surface area contributed by atoms with Gasteiger partial charge in [-0.3, -0.25) is 0 Å². The van der Waals surface area contributed by atoms with Crippen LogP contribution in [0.4, 0.5) is 0 Å². The van der Waals surface area contributed by atoms with E-state index < -0.39 is 5.97 Å². The van der Waals surface area contributed by atoms with Crippen molar-refractivity contribution in [2.24, 2.45) is 0 Å². The molecule has 0 fully saturated rings. The molecule has 15 heavy (non-hydrogen) atoms. The first-order chi connectivity index (χ1) is 7.24. The highest BCUT2D eigenvalue weighted by atomic mass is 16.5. The number of carbonyl (C=O) groups is 1. The number of hydrogen-bond donors (Lipinski definition) is 1. The molecule has 1 aromatic rings. The number of para-hydroxylation sites is 1. The Kier molecular flexibility index (Phi) is 4.16. The van der Waals surface area contributed by atoms with Gasteiger partial charge in [0.05, 0.1) is 0 Å². The summed E-state index contributed by atoms with van der Waals surface area (Å²) in [6, 6.07) is 8.79. The number of carboxylic acids is 1. The van der Waals surface area contributed by atoms with Crippen LogP contribution in [0.25, 0.3) is 0 Å². The van der Waals surface area contributed by atoms with Gasteiger partial charge >= 0.3 is 5.97 Å². The van der Waals surface area contributed by atoms with Gasteiger partial charge in [-0.1, -0.05) is 24.3 Å². The summed E-state index contributed by atoms with van der Waals surface area (Å²) in [5.74, 6) is -0.656. The number of aliphatic carboxylic acids is 1. The SMILES string of the molecule is C=CC/C=C(/Oc1ccccc1)C(=O)O. The van der Waals surface area contributed by atoms with E-state index in [4.69, 9.17) is 9.84 Å². The molecule has 0 atom stereocenters. The average molecular weight is 204 g/mol. The maximum Gasteiger partial charge on any atom is 0.371 e. The van der Waals surface area contributed by atoms with E-state index in [0.29, 0.717) is 12.2 Å². The monoisotopic (exact) mass is 204 g/mol. The third-order valence-corrected chi connectivity index (χ3v) is 1.65. The van der Waals surface area contributed by atoms with Gasteiger partial charge in [0.1, 0.15) is 5.75 Å². The molecule has 3 heteroatoms. The quantitative estimate of drug-likeness (QED) is 0.455. The van der Waals surface area contributed by atoms with Crippen molar-refractivity contribution in [3.63, 3.8) is 0 Å². The molecule has 0 spiro atoms. The lowest BCUT2D eigenvalue weighted by atomic mass is 10.3. The van der Waals surface area contributed by atoms with Gasteiger partial charge in [0.25, 0.3) is 0 Å².